The van der Waals surface area contributed by atoms with E-state index in [0.29, 0.717) is 13.0 Å². The summed E-state index contributed by atoms with van der Waals surface area (Å²) in [6.45, 7) is 0.465. The molecule has 1 aliphatic carbocycles. The van der Waals surface area contributed by atoms with Crippen molar-refractivity contribution in [3.05, 3.63) is 105 Å². The molecule has 1 aromatic heterocycles. The van der Waals surface area contributed by atoms with Gasteiger partial charge in [0, 0.05) is 24.6 Å². The monoisotopic (exact) mass is 518 g/mol. The number of nitrogens with zero attached hydrogens (tertiary/aromatic N) is 2. The minimum atomic E-state index is -0.947. The zero-order valence-electron chi connectivity index (χ0n) is 20.3. The fraction of sp³-hybridized carbons (Fsp3) is 0.276. The first kappa shape index (κ1) is 24.2. The van der Waals surface area contributed by atoms with Gasteiger partial charge in [-0.1, -0.05) is 42.5 Å². The number of benzene rings is 2. The smallest absolute Gasteiger partial charge is 0.276 e. The number of ketones is 1. The van der Waals surface area contributed by atoms with Gasteiger partial charge in [0.25, 0.3) is 5.91 Å². The molecule has 1 saturated heterocycles. The highest BCUT2D eigenvalue weighted by atomic mass is 19.1. The minimum absolute atomic E-state index is 0.0498. The summed E-state index contributed by atoms with van der Waals surface area (Å²) in [5.74, 6) is -3.32. The Bertz CT molecular complexity index is 1560. The van der Waals surface area contributed by atoms with Crippen LogP contribution in [0.25, 0.3) is 6.08 Å². The number of aromatic nitrogens is 1. The van der Waals surface area contributed by atoms with Crippen molar-refractivity contribution in [2.24, 2.45) is 0 Å². The molecule has 1 N–H and O–H groups in total. The van der Waals surface area contributed by atoms with E-state index in [9.17, 15) is 28.3 Å². The van der Waals surface area contributed by atoms with Crippen LogP contribution in [0.3, 0.4) is 0 Å². The average Bonchev–Trinajstić information content (AvgIpc) is 3.50. The Hall–Kier alpha value is -4.11. The minimum Gasteiger partial charge on any atom is -0.503 e. The number of hydrogen-bond donors (Lipinski definition) is 1. The lowest BCUT2D eigenvalue weighted by Gasteiger charge is -2.35. The Balaban J connectivity index is 1.23. The highest BCUT2D eigenvalue weighted by Gasteiger charge is 2.45. The molecule has 2 aromatic carbocycles. The predicted octanol–water partition coefficient (Wildman–Crippen LogP) is 4.03. The molecular weight excluding hydrogens is 494 g/mol. The van der Waals surface area contributed by atoms with Crippen LogP contribution in [0.1, 0.15) is 56.3 Å². The number of allylic oxidation sites excluding steroid dienone is 1. The molecule has 3 heterocycles. The first-order chi connectivity index (χ1) is 18.3. The van der Waals surface area contributed by atoms with Crippen LogP contribution in [0, 0.1) is 11.6 Å². The van der Waals surface area contributed by atoms with Crippen LogP contribution in [0.5, 0.6) is 5.75 Å². The second-order valence-corrected chi connectivity index (χ2v) is 9.86. The number of fused-ring (bicyclic) bond motifs is 3. The number of carbonyl (C=O) groups is 2. The number of Topliss-reactive ketones (excluding diaryl/α,β-unsaturated/α-hetero) is 1. The van der Waals surface area contributed by atoms with Crippen molar-refractivity contribution >= 4 is 17.8 Å². The number of ether oxygens (including phenoxy) is 1. The van der Waals surface area contributed by atoms with E-state index in [0.717, 1.165) is 17.7 Å². The molecule has 1 amide bonds. The number of aryl methyl sites for hydroxylation is 1. The SMILES string of the molecule is O=C(CCc1ccc(F)cc1F)c1cn2c(c(O)c1=O)C(=O)N1[C@@H](CC3C=Cc4ccccc43)CO[C@@H]1C2. The Morgan fingerprint density at radius 3 is 2.76 bits per heavy atom. The molecule has 194 valence electrons. The van der Waals surface area contributed by atoms with Crippen LogP contribution in [-0.4, -0.2) is 45.1 Å². The maximum Gasteiger partial charge on any atom is 0.276 e. The number of aromatic hydroxyl groups is 1. The van der Waals surface area contributed by atoms with Crippen molar-refractivity contribution in [3.63, 3.8) is 0 Å². The second kappa shape index (κ2) is 9.33. The molecule has 3 atom stereocenters. The van der Waals surface area contributed by atoms with E-state index in [2.05, 4.69) is 18.2 Å². The van der Waals surface area contributed by atoms with Crippen LogP contribution in [0.4, 0.5) is 8.78 Å². The molecule has 0 spiro atoms. The van der Waals surface area contributed by atoms with E-state index in [1.165, 1.54) is 22.4 Å². The fourth-order valence-corrected chi connectivity index (χ4v) is 5.67. The topological polar surface area (TPSA) is 88.8 Å². The summed E-state index contributed by atoms with van der Waals surface area (Å²) in [7, 11) is 0. The predicted molar refractivity (Wildman–Crippen MR) is 134 cm³/mol. The number of carbonyl (C=O) groups excluding carboxylic acids is 2. The zero-order valence-corrected chi connectivity index (χ0v) is 20.3. The van der Waals surface area contributed by atoms with Crippen LogP contribution < -0.4 is 5.43 Å². The normalized spacial score (nSPS) is 21.4. The summed E-state index contributed by atoms with van der Waals surface area (Å²) in [5.41, 5.74) is 1.05. The maximum atomic E-state index is 14.0. The molecule has 0 radical (unpaired) electrons. The first-order valence-electron chi connectivity index (χ1n) is 12.5. The van der Waals surface area contributed by atoms with E-state index in [1.54, 1.807) is 4.90 Å². The lowest BCUT2D eigenvalue weighted by Crippen LogP contribution is -2.49. The van der Waals surface area contributed by atoms with Gasteiger partial charge >= 0.3 is 0 Å². The first-order valence-corrected chi connectivity index (χ1v) is 12.5. The molecule has 7 nitrogen and oxygen atoms in total. The van der Waals surface area contributed by atoms with Gasteiger partial charge in [0.15, 0.2) is 23.5 Å². The van der Waals surface area contributed by atoms with Crippen LogP contribution in [0.2, 0.25) is 0 Å². The van der Waals surface area contributed by atoms with Gasteiger partial charge in [0.2, 0.25) is 5.43 Å². The lowest BCUT2D eigenvalue weighted by atomic mass is 9.93. The van der Waals surface area contributed by atoms with Gasteiger partial charge in [-0.2, -0.15) is 0 Å². The van der Waals surface area contributed by atoms with E-state index in [1.807, 2.05) is 18.2 Å². The molecule has 6 rings (SSSR count). The van der Waals surface area contributed by atoms with Crippen molar-refractivity contribution in [2.45, 2.75) is 44.0 Å². The Labute approximate surface area is 216 Å². The van der Waals surface area contributed by atoms with Gasteiger partial charge in [-0.05, 0) is 35.6 Å². The van der Waals surface area contributed by atoms with Crippen LogP contribution in [-0.2, 0) is 17.7 Å². The van der Waals surface area contributed by atoms with Crippen LogP contribution in [0.15, 0.2) is 59.5 Å². The standard InChI is InChI=1S/C29H24F2N2O5/c30-19-9-7-17(23(31)12-19)8-10-24(34)22-13-32-14-25-33(29(37)26(32)28(36)27(22)35)20(15-38-25)11-18-6-5-16-3-1-2-4-21(16)18/h1-7,9,12-13,18,20,25,36H,8,10-11,14-15H2/t18?,20-,25+/m0/s1. The molecule has 0 bridgehead atoms. The number of hydrogen-bond acceptors (Lipinski definition) is 5. The average molecular weight is 519 g/mol. The molecule has 2 aliphatic heterocycles. The molecule has 38 heavy (non-hydrogen) atoms. The molecular formula is C29H24F2N2O5. The number of amides is 1. The summed E-state index contributed by atoms with van der Waals surface area (Å²) < 4.78 is 34.4. The summed E-state index contributed by atoms with van der Waals surface area (Å²) >= 11 is 0. The Kier molecular flexibility index (Phi) is 5.95. The molecule has 0 saturated carbocycles. The third-order valence-electron chi connectivity index (χ3n) is 7.60. The third kappa shape index (κ3) is 4.03. The lowest BCUT2D eigenvalue weighted by molar-refractivity contribution is 0.00543. The number of pyridine rings is 1. The van der Waals surface area contributed by atoms with Crippen molar-refractivity contribution in [2.75, 3.05) is 6.61 Å². The van der Waals surface area contributed by atoms with Crippen molar-refractivity contribution in [3.8, 4) is 5.75 Å². The molecule has 1 unspecified atom stereocenters. The maximum absolute atomic E-state index is 14.0. The van der Waals surface area contributed by atoms with E-state index >= 15 is 0 Å². The zero-order chi connectivity index (χ0) is 26.6. The molecule has 1 fully saturated rings. The quantitative estimate of drug-likeness (QED) is 0.498. The van der Waals surface area contributed by atoms with Gasteiger partial charge < -0.3 is 19.3 Å². The molecule has 9 heteroatoms. The Morgan fingerprint density at radius 2 is 1.95 bits per heavy atom. The summed E-state index contributed by atoms with van der Waals surface area (Å²) in [6.07, 6.45) is 5.20. The van der Waals surface area contributed by atoms with Gasteiger partial charge in [-0.15, -0.1) is 0 Å². The molecule has 3 aromatic rings. The van der Waals surface area contributed by atoms with Gasteiger partial charge in [-0.25, -0.2) is 8.78 Å². The highest BCUT2D eigenvalue weighted by Crippen LogP contribution is 2.38. The largest absolute Gasteiger partial charge is 0.503 e. The summed E-state index contributed by atoms with van der Waals surface area (Å²) in [6, 6.07) is 10.9. The second-order valence-electron chi connectivity index (χ2n) is 9.86. The van der Waals surface area contributed by atoms with E-state index < -0.39 is 40.7 Å². The highest BCUT2D eigenvalue weighted by molar-refractivity contribution is 6.00. The number of halogens is 2. The van der Waals surface area contributed by atoms with Crippen molar-refractivity contribution in [1.82, 2.24) is 9.47 Å². The van der Waals surface area contributed by atoms with Crippen molar-refractivity contribution < 1.29 is 28.2 Å². The summed E-state index contributed by atoms with van der Waals surface area (Å²) in [4.78, 5) is 40.9. The van der Waals surface area contributed by atoms with Gasteiger partial charge in [0.1, 0.15) is 11.6 Å². The van der Waals surface area contributed by atoms with Crippen LogP contribution >= 0.6 is 0 Å². The molecule has 3 aliphatic rings. The van der Waals surface area contributed by atoms with Gasteiger partial charge in [-0.3, -0.25) is 14.4 Å². The van der Waals surface area contributed by atoms with E-state index in [-0.39, 0.29) is 48.2 Å². The van der Waals surface area contributed by atoms with Gasteiger partial charge in [0.05, 0.1) is 24.8 Å². The van der Waals surface area contributed by atoms with Crippen molar-refractivity contribution in [1.29, 1.82) is 0 Å². The number of rotatable bonds is 6. The van der Waals surface area contributed by atoms with E-state index in [4.69, 9.17) is 4.74 Å². The Morgan fingerprint density at radius 1 is 1.13 bits per heavy atom. The fourth-order valence-electron chi connectivity index (χ4n) is 5.67. The third-order valence-corrected chi connectivity index (χ3v) is 7.60. The summed E-state index contributed by atoms with van der Waals surface area (Å²) in [5, 5.41) is 10.7.